The summed E-state index contributed by atoms with van der Waals surface area (Å²) in [6.07, 6.45) is 3.33. The van der Waals surface area contributed by atoms with Crippen molar-refractivity contribution in [3.63, 3.8) is 0 Å². The zero-order valence-corrected chi connectivity index (χ0v) is 15.5. The van der Waals surface area contributed by atoms with Crippen molar-refractivity contribution in [1.82, 2.24) is 14.6 Å². The number of nitrogens with zero attached hydrogens (tertiary/aromatic N) is 1. The largest absolute Gasteiger partial charge is 0.380 e. The molecule has 140 valence electrons. The molecule has 0 aliphatic carbocycles. The van der Waals surface area contributed by atoms with Crippen LogP contribution < -0.4 is 4.72 Å². The average Bonchev–Trinajstić information content (AvgIpc) is 3.32. The lowest BCUT2D eigenvalue weighted by Crippen LogP contribution is -2.27. The molecule has 3 rings (SSSR count). The Morgan fingerprint density at radius 2 is 1.96 bits per heavy atom. The Kier molecular flexibility index (Phi) is 5.75. The number of H-pyrrole nitrogens is 1. The summed E-state index contributed by atoms with van der Waals surface area (Å²) in [5.74, 6) is -0.156. The van der Waals surface area contributed by atoms with Gasteiger partial charge in [0.2, 0.25) is 10.0 Å². The molecule has 1 aromatic carbocycles. The Bertz CT molecular complexity index is 870. The maximum Gasteiger partial charge on any atom is 0.270 e. The molecule has 2 heterocycles. The minimum atomic E-state index is -3.70. The number of carbonyl (C=O) groups is 1. The van der Waals surface area contributed by atoms with E-state index in [9.17, 15) is 13.2 Å². The van der Waals surface area contributed by atoms with Gasteiger partial charge in [0.25, 0.3) is 5.91 Å². The number of hydrogen-bond acceptors (Lipinski definition) is 4. The lowest BCUT2D eigenvalue weighted by molar-refractivity contribution is 0.0787. The smallest absolute Gasteiger partial charge is 0.270 e. The van der Waals surface area contributed by atoms with Crippen LogP contribution in [0.25, 0.3) is 0 Å². The molecular formula is C18H23N3O4S. The normalized spacial score (nSPS) is 14.7. The molecule has 8 heteroatoms. The number of ether oxygens (including phenoxy) is 1. The van der Waals surface area contributed by atoms with E-state index in [1.807, 2.05) is 24.3 Å². The van der Waals surface area contributed by atoms with Crippen molar-refractivity contribution in [2.24, 2.45) is 0 Å². The number of benzene rings is 1. The van der Waals surface area contributed by atoms with Crippen molar-refractivity contribution in [2.45, 2.75) is 30.9 Å². The molecule has 0 atom stereocenters. The van der Waals surface area contributed by atoms with Gasteiger partial charge in [-0.15, -0.1) is 0 Å². The van der Waals surface area contributed by atoms with E-state index in [0.29, 0.717) is 12.3 Å². The molecule has 2 N–H and O–H groups in total. The summed E-state index contributed by atoms with van der Waals surface area (Å²) in [6.45, 7) is 2.08. The van der Waals surface area contributed by atoms with E-state index in [0.717, 1.165) is 37.1 Å². The van der Waals surface area contributed by atoms with Crippen molar-refractivity contribution in [2.75, 3.05) is 20.2 Å². The van der Waals surface area contributed by atoms with Gasteiger partial charge in [-0.25, -0.2) is 13.1 Å². The first-order chi connectivity index (χ1) is 12.5. The molecule has 1 fully saturated rings. The van der Waals surface area contributed by atoms with Gasteiger partial charge in [-0.05, 0) is 30.0 Å². The van der Waals surface area contributed by atoms with Crippen LogP contribution in [-0.2, 0) is 27.9 Å². The molecule has 0 unspecified atom stereocenters. The summed E-state index contributed by atoms with van der Waals surface area (Å²) in [5, 5.41) is 0. The molecule has 1 aliphatic rings. The highest BCUT2D eigenvalue weighted by Gasteiger charge is 2.23. The molecule has 7 nitrogen and oxygen atoms in total. The van der Waals surface area contributed by atoms with E-state index in [2.05, 4.69) is 9.71 Å². The van der Waals surface area contributed by atoms with E-state index < -0.39 is 10.0 Å². The van der Waals surface area contributed by atoms with Gasteiger partial charge in [0.05, 0.1) is 6.61 Å². The molecule has 1 amide bonds. The van der Waals surface area contributed by atoms with Crippen molar-refractivity contribution in [1.29, 1.82) is 0 Å². The van der Waals surface area contributed by atoms with Gasteiger partial charge < -0.3 is 14.6 Å². The Labute approximate surface area is 153 Å². The van der Waals surface area contributed by atoms with Crippen molar-refractivity contribution in [3.05, 3.63) is 53.3 Å². The van der Waals surface area contributed by atoms with Crippen LogP contribution in [0, 0.1) is 0 Å². The van der Waals surface area contributed by atoms with Crippen molar-refractivity contribution in [3.8, 4) is 0 Å². The van der Waals surface area contributed by atoms with Gasteiger partial charge >= 0.3 is 0 Å². The fourth-order valence-electron chi connectivity index (χ4n) is 3.00. The quantitative estimate of drug-likeness (QED) is 0.771. The van der Waals surface area contributed by atoms with Crippen LogP contribution in [0.1, 0.15) is 34.5 Å². The molecule has 0 radical (unpaired) electrons. The third kappa shape index (κ3) is 4.32. The molecule has 0 spiro atoms. The van der Waals surface area contributed by atoms with Crippen LogP contribution in [0.2, 0.25) is 0 Å². The van der Waals surface area contributed by atoms with E-state index in [1.54, 1.807) is 12.0 Å². The number of sulfonamides is 1. The summed E-state index contributed by atoms with van der Waals surface area (Å²) < 4.78 is 32.6. The summed E-state index contributed by atoms with van der Waals surface area (Å²) in [6, 6.07) is 8.92. The molecule has 1 saturated heterocycles. The number of aromatic nitrogens is 1. The predicted octanol–water partition coefficient (Wildman–Crippen LogP) is 1.88. The first-order valence-electron chi connectivity index (χ1n) is 8.54. The minimum Gasteiger partial charge on any atom is -0.380 e. The topological polar surface area (TPSA) is 91.5 Å². The first kappa shape index (κ1) is 18.6. The second kappa shape index (κ2) is 8.03. The highest BCUT2D eigenvalue weighted by molar-refractivity contribution is 7.89. The van der Waals surface area contributed by atoms with Crippen molar-refractivity contribution >= 4 is 15.9 Å². The fourth-order valence-corrected chi connectivity index (χ4v) is 4.01. The summed E-state index contributed by atoms with van der Waals surface area (Å²) in [5.41, 5.74) is 2.12. The number of amides is 1. The van der Waals surface area contributed by atoms with E-state index >= 15 is 0 Å². The molecule has 0 bridgehead atoms. The summed E-state index contributed by atoms with van der Waals surface area (Å²) in [4.78, 5) is 16.9. The molecule has 0 saturated carbocycles. The van der Waals surface area contributed by atoms with Gasteiger partial charge in [0.15, 0.2) is 0 Å². The monoisotopic (exact) mass is 377 g/mol. The van der Waals surface area contributed by atoms with Crippen molar-refractivity contribution < 1.29 is 17.9 Å². The number of carbonyl (C=O) groups excluding carboxylic acids is 1. The standard InChI is InChI=1S/C18H23N3O4S/c1-25-13-15-6-4-5-14(9-15)11-20-26(23,24)16-10-17(19-12-16)18(22)21-7-2-3-8-21/h4-6,9-10,12,19-20H,2-3,7-8,11,13H2,1H3. The number of rotatable bonds is 7. The Hall–Kier alpha value is -2.16. The van der Waals surface area contributed by atoms with Gasteiger partial charge in [0.1, 0.15) is 10.6 Å². The minimum absolute atomic E-state index is 0.0630. The van der Waals surface area contributed by atoms with Gasteiger partial charge in [0, 0.05) is 32.9 Å². The van der Waals surface area contributed by atoms with Crippen LogP contribution in [0.3, 0.4) is 0 Å². The van der Waals surface area contributed by atoms with E-state index in [1.165, 1.54) is 12.3 Å². The number of nitrogens with one attached hydrogen (secondary N) is 2. The number of aromatic amines is 1. The summed E-state index contributed by atoms with van der Waals surface area (Å²) >= 11 is 0. The Balaban J connectivity index is 1.66. The van der Waals surface area contributed by atoms with Gasteiger partial charge in [-0.2, -0.15) is 0 Å². The van der Waals surface area contributed by atoms with E-state index in [4.69, 9.17) is 4.74 Å². The number of hydrogen-bond donors (Lipinski definition) is 2. The molecular weight excluding hydrogens is 354 g/mol. The van der Waals surface area contributed by atoms with Gasteiger partial charge in [-0.1, -0.05) is 24.3 Å². The Morgan fingerprint density at radius 1 is 1.23 bits per heavy atom. The number of likely N-dealkylation sites (tertiary alicyclic amines) is 1. The SMILES string of the molecule is COCc1cccc(CNS(=O)(=O)c2c[nH]c(C(=O)N3CCCC3)c2)c1. The van der Waals surface area contributed by atoms with E-state index in [-0.39, 0.29) is 17.3 Å². The van der Waals surface area contributed by atoms with Crippen LogP contribution in [0.4, 0.5) is 0 Å². The second-order valence-corrected chi connectivity index (χ2v) is 8.09. The highest BCUT2D eigenvalue weighted by atomic mass is 32.2. The zero-order chi connectivity index (χ0) is 18.6. The Morgan fingerprint density at radius 3 is 2.69 bits per heavy atom. The maximum absolute atomic E-state index is 12.5. The van der Waals surface area contributed by atoms with Crippen LogP contribution in [0.15, 0.2) is 41.4 Å². The molecule has 1 aromatic heterocycles. The van der Waals surface area contributed by atoms with Gasteiger partial charge in [-0.3, -0.25) is 4.79 Å². The van der Waals surface area contributed by atoms with Crippen LogP contribution in [0.5, 0.6) is 0 Å². The zero-order valence-electron chi connectivity index (χ0n) is 14.7. The molecule has 1 aliphatic heterocycles. The number of methoxy groups -OCH3 is 1. The highest BCUT2D eigenvalue weighted by Crippen LogP contribution is 2.16. The molecule has 26 heavy (non-hydrogen) atoms. The lowest BCUT2D eigenvalue weighted by Gasteiger charge is -2.13. The predicted molar refractivity (Wildman–Crippen MR) is 97.1 cm³/mol. The lowest BCUT2D eigenvalue weighted by atomic mass is 10.1. The molecule has 2 aromatic rings. The second-order valence-electron chi connectivity index (χ2n) is 6.33. The fraction of sp³-hybridized carbons (Fsp3) is 0.389. The van der Waals surface area contributed by atoms with Crippen LogP contribution >= 0.6 is 0 Å². The third-order valence-corrected chi connectivity index (χ3v) is 5.74. The first-order valence-corrected chi connectivity index (χ1v) is 10.0. The third-order valence-electron chi connectivity index (χ3n) is 4.36. The maximum atomic E-state index is 12.5. The average molecular weight is 377 g/mol. The summed E-state index contributed by atoms with van der Waals surface area (Å²) in [7, 11) is -2.09. The van der Waals surface area contributed by atoms with Crippen LogP contribution in [-0.4, -0.2) is 44.4 Å².